The summed E-state index contributed by atoms with van der Waals surface area (Å²) in [6.45, 7) is 4.91. The van der Waals surface area contributed by atoms with Crippen molar-refractivity contribution in [1.82, 2.24) is 5.01 Å². The van der Waals surface area contributed by atoms with E-state index in [9.17, 15) is 14.4 Å². The lowest BCUT2D eigenvalue weighted by Crippen LogP contribution is -2.52. The van der Waals surface area contributed by atoms with Gasteiger partial charge in [0.05, 0.1) is 6.04 Å². The molecule has 0 radical (unpaired) electrons. The minimum Gasteiger partial charge on any atom is -0.442 e. The normalized spacial score (nSPS) is 12.7. The number of amides is 3. The van der Waals surface area contributed by atoms with Crippen molar-refractivity contribution in [3.63, 3.8) is 0 Å². The Kier molecular flexibility index (Phi) is 5.73. The van der Waals surface area contributed by atoms with E-state index in [0.29, 0.717) is 5.01 Å². The number of hydrogen-bond acceptors (Lipinski definition) is 6. The molecular weight excluding hydrogens is 240 g/mol. The average molecular weight is 260 g/mol. The second-order valence-corrected chi connectivity index (χ2v) is 4.80. The predicted molar refractivity (Wildman–Crippen MR) is 63.7 cm³/mol. The fraction of sp³-hybridized carbons (Fsp3) is 0.700. The molecule has 6 N–H and O–H groups in total. The summed E-state index contributed by atoms with van der Waals surface area (Å²) in [4.78, 5) is 33.6. The first-order valence-corrected chi connectivity index (χ1v) is 5.40. The molecule has 8 nitrogen and oxygen atoms in total. The third kappa shape index (κ3) is 6.16. The Morgan fingerprint density at radius 2 is 1.78 bits per heavy atom. The zero-order valence-electron chi connectivity index (χ0n) is 10.8. The number of carbonyl (C=O) groups excluding carboxylic acids is 3. The molecular formula is C10H20N4O4. The van der Waals surface area contributed by atoms with Crippen LogP contribution in [0.2, 0.25) is 0 Å². The van der Waals surface area contributed by atoms with Crippen LogP contribution in [0.4, 0.5) is 4.79 Å². The fourth-order valence-electron chi connectivity index (χ4n) is 1.00. The maximum atomic E-state index is 11.6. The van der Waals surface area contributed by atoms with Crippen LogP contribution >= 0.6 is 0 Å². The largest absolute Gasteiger partial charge is 0.442 e. The minimum atomic E-state index is -1.07. The van der Waals surface area contributed by atoms with E-state index in [1.807, 2.05) is 0 Å². The van der Waals surface area contributed by atoms with Gasteiger partial charge in [-0.2, -0.15) is 5.01 Å². The summed E-state index contributed by atoms with van der Waals surface area (Å²) >= 11 is 0. The Morgan fingerprint density at radius 1 is 1.28 bits per heavy atom. The van der Waals surface area contributed by atoms with Gasteiger partial charge in [-0.05, 0) is 27.2 Å². The average Bonchev–Trinajstić information content (AvgIpc) is 2.21. The lowest BCUT2D eigenvalue weighted by atomic mass is 10.1. The van der Waals surface area contributed by atoms with Gasteiger partial charge in [0.15, 0.2) is 0 Å². The second-order valence-electron chi connectivity index (χ2n) is 4.80. The number of primary amides is 1. The number of carbonyl (C=O) groups is 3. The highest BCUT2D eigenvalue weighted by atomic mass is 16.6. The van der Waals surface area contributed by atoms with Gasteiger partial charge in [0, 0.05) is 6.42 Å². The molecule has 0 unspecified atom stereocenters. The molecule has 0 heterocycles. The van der Waals surface area contributed by atoms with Crippen molar-refractivity contribution in [2.24, 2.45) is 17.3 Å². The highest BCUT2D eigenvalue weighted by Gasteiger charge is 2.28. The Balaban J connectivity index is 4.40. The Hall–Kier alpha value is -1.67. The molecule has 0 aromatic rings. The minimum absolute atomic E-state index is 0.0185. The molecule has 0 rings (SSSR count). The van der Waals surface area contributed by atoms with E-state index < -0.39 is 29.6 Å². The molecule has 0 fully saturated rings. The number of nitrogens with zero attached hydrogens (tertiary/aromatic N) is 1. The van der Waals surface area contributed by atoms with E-state index in [-0.39, 0.29) is 12.8 Å². The maximum Gasteiger partial charge on any atom is 0.431 e. The van der Waals surface area contributed by atoms with Gasteiger partial charge in [-0.1, -0.05) is 0 Å². The van der Waals surface area contributed by atoms with E-state index in [4.69, 9.17) is 22.0 Å². The van der Waals surface area contributed by atoms with E-state index in [2.05, 4.69) is 0 Å². The molecule has 0 spiro atoms. The molecule has 0 aliphatic carbocycles. The summed E-state index contributed by atoms with van der Waals surface area (Å²) in [6.07, 6.45) is -1.04. The van der Waals surface area contributed by atoms with Crippen molar-refractivity contribution in [3.05, 3.63) is 0 Å². The Bertz CT molecular complexity index is 337. The molecule has 1 atom stereocenters. The monoisotopic (exact) mass is 260 g/mol. The standard InChI is InChI=1S/C10H20N4O4/c1-10(2,3)18-9(17)14(13)8(16)6(11)4-5-7(12)15/h6H,4-5,11,13H2,1-3H3,(H2,12,15)/t6-/m0/s1. The van der Waals surface area contributed by atoms with Crippen LogP contribution in [-0.2, 0) is 14.3 Å². The summed E-state index contributed by atoms with van der Waals surface area (Å²) < 4.78 is 4.89. The van der Waals surface area contributed by atoms with Gasteiger partial charge in [-0.25, -0.2) is 10.6 Å². The Labute approximate surface area is 105 Å². The third-order valence-electron chi connectivity index (χ3n) is 1.85. The lowest BCUT2D eigenvalue weighted by molar-refractivity contribution is -0.132. The van der Waals surface area contributed by atoms with Crippen LogP contribution in [0.3, 0.4) is 0 Å². The zero-order valence-corrected chi connectivity index (χ0v) is 10.8. The third-order valence-corrected chi connectivity index (χ3v) is 1.85. The molecule has 104 valence electrons. The molecule has 0 aliphatic rings. The van der Waals surface area contributed by atoms with E-state index in [0.717, 1.165) is 0 Å². The second kappa shape index (κ2) is 6.31. The quantitative estimate of drug-likeness (QED) is 0.344. The van der Waals surface area contributed by atoms with Crippen LogP contribution in [0, 0.1) is 0 Å². The van der Waals surface area contributed by atoms with Crippen LogP contribution in [0.25, 0.3) is 0 Å². The van der Waals surface area contributed by atoms with Gasteiger partial charge in [0.2, 0.25) is 5.91 Å². The number of ether oxygens (including phenoxy) is 1. The fourth-order valence-corrected chi connectivity index (χ4v) is 1.00. The van der Waals surface area contributed by atoms with Gasteiger partial charge >= 0.3 is 6.09 Å². The smallest absolute Gasteiger partial charge is 0.431 e. The van der Waals surface area contributed by atoms with Crippen molar-refractivity contribution in [1.29, 1.82) is 0 Å². The number of imide groups is 1. The van der Waals surface area contributed by atoms with Crippen LogP contribution in [0.5, 0.6) is 0 Å². The van der Waals surface area contributed by atoms with Crippen LogP contribution in [0.15, 0.2) is 0 Å². The summed E-state index contributed by atoms with van der Waals surface area (Å²) in [5, 5.41) is 0.302. The summed E-state index contributed by atoms with van der Waals surface area (Å²) in [6, 6.07) is -1.07. The summed E-state index contributed by atoms with van der Waals surface area (Å²) in [7, 11) is 0. The molecule has 0 aromatic heterocycles. The van der Waals surface area contributed by atoms with Crippen molar-refractivity contribution < 1.29 is 19.1 Å². The molecule has 0 saturated heterocycles. The zero-order chi connectivity index (χ0) is 14.5. The molecule has 3 amide bonds. The van der Waals surface area contributed by atoms with Crippen molar-refractivity contribution in [2.75, 3.05) is 0 Å². The molecule has 8 heteroatoms. The van der Waals surface area contributed by atoms with E-state index >= 15 is 0 Å². The van der Waals surface area contributed by atoms with Gasteiger partial charge in [0.1, 0.15) is 5.60 Å². The van der Waals surface area contributed by atoms with E-state index in [1.165, 1.54) is 0 Å². The van der Waals surface area contributed by atoms with Crippen molar-refractivity contribution in [2.45, 2.75) is 45.3 Å². The first-order valence-electron chi connectivity index (χ1n) is 5.40. The number of hydrazine groups is 1. The lowest BCUT2D eigenvalue weighted by Gasteiger charge is -2.24. The highest BCUT2D eigenvalue weighted by molar-refractivity contribution is 5.94. The summed E-state index contributed by atoms with van der Waals surface area (Å²) in [5.74, 6) is 3.88. The van der Waals surface area contributed by atoms with E-state index in [1.54, 1.807) is 20.8 Å². The number of hydrogen-bond donors (Lipinski definition) is 3. The van der Waals surface area contributed by atoms with Gasteiger partial charge in [0.25, 0.3) is 5.91 Å². The maximum absolute atomic E-state index is 11.6. The summed E-state index contributed by atoms with van der Waals surface area (Å²) in [5.41, 5.74) is 9.63. The van der Waals surface area contributed by atoms with Gasteiger partial charge in [-0.3, -0.25) is 9.59 Å². The van der Waals surface area contributed by atoms with Crippen molar-refractivity contribution in [3.8, 4) is 0 Å². The Morgan fingerprint density at radius 3 is 2.17 bits per heavy atom. The molecule has 18 heavy (non-hydrogen) atoms. The first-order chi connectivity index (χ1) is 8.04. The molecule has 0 aromatic carbocycles. The molecule has 0 saturated carbocycles. The predicted octanol–water partition coefficient (Wildman–Crippen LogP) is -0.783. The first kappa shape index (κ1) is 16.3. The van der Waals surface area contributed by atoms with Crippen LogP contribution in [-0.4, -0.2) is 34.6 Å². The SMILES string of the molecule is CC(C)(C)OC(=O)N(N)C(=O)[C@@H](N)CCC(N)=O. The van der Waals surface area contributed by atoms with Crippen LogP contribution < -0.4 is 17.3 Å². The van der Waals surface area contributed by atoms with Crippen LogP contribution in [0.1, 0.15) is 33.6 Å². The van der Waals surface area contributed by atoms with Crippen molar-refractivity contribution >= 4 is 17.9 Å². The topological polar surface area (TPSA) is 142 Å². The number of nitrogens with two attached hydrogens (primary N) is 3. The van der Waals surface area contributed by atoms with Gasteiger partial charge in [-0.15, -0.1) is 0 Å². The molecule has 0 aliphatic heterocycles. The van der Waals surface area contributed by atoms with Gasteiger partial charge < -0.3 is 16.2 Å². The highest BCUT2D eigenvalue weighted by Crippen LogP contribution is 2.09. The molecule has 0 bridgehead atoms. The number of rotatable bonds is 4.